The number of aryl methyl sites for hydroxylation is 1. The average Bonchev–Trinajstić information content (AvgIpc) is 2.79. The lowest BCUT2D eigenvalue weighted by Gasteiger charge is -2.21. The van der Waals surface area contributed by atoms with Crippen molar-refractivity contribution in [2.75, 3.05) is 39.5 Å². The second-order valence-electron chi connectivity index (χ2n) is 4.67. The van der Waals surface area contributed by atoms with Gasteiger partial charge in [0.15, 0.2) is 0 Å². The van der Waals surface area contributed by atoms with Gasteiger partial charge >= 0.3 is 0 Å². The molecule has 0 aromatic carbocycles. The molecule has 20 heavy (non-hydrogen) atoms. The van der Waals surface area contributed by atoms with Gasteiger partial charge in [0.1, 0.15) is 11.5 Å². The molecular formula is C15H28N2O3. The summed E-state index contributed by atoms with van der Waals surface area (Å²) in [5, 5.41) is 0. The summed E-state index contributed by atoms with van der Waals surface area (Å²) in [6.07, 6.45) is 0. The van der Waals surface area contributed by atoms with Gasteiger partial charge in [-0.25, -0.2) is 0 Å². The molecule has 0 saturated carbocycles. The number of nitrogens with two attached hydrogens (primary N) is 1. The van der Waals surface area contributed by atoms with Crippen molar-refractivity contribution in [3.63, 3.8) is 0 Å². The molecule has 0 fully saturated rings. The Hall–Kier alpha value is -0.880. The molecule has 1 aromatic heterocycles. The van der Waals surface area contributed by atoms with Gasteiger partial charge < -0.3 is 19.6 Å². The van der Waals surface area contributed by atoms with Crippen molar-refractivity contribution in [2.45, 2.75) is 33.9 Å². The Balaban J connectivity index is 2.54. The van der Waals surface area contributed by atoms with Crippen LogP contribution in [0.3, 0.4) is 0 Å². The van der Waals surface area contributed by atoms with Gasteiger partial charge in [0.25, 0.3) is 0 Å². The quantitative estimate of drug-likeness (QED) is 0.629. The molecule has 1 rings (SSSR count). The first-order valence-corrected chi connectivity index (χ1v) is 7.37. The summed E-state index contributed by atoms with van der Waals surface area (Å²) in [6, 6.07) is 2.05. The van der Waals surface area contributed by atoms with Gasteiger partial charge in [-0.1, -0.05) is 0 Å². The summed E-state index contributed by atoms with van der Waals surface area (Å²) < 4.78 is 16.5. The zero-order valence-corrected chi connectivity index (χ0v) is 13.0. The average molecular weight is 284 g/mol. The molecule has 5 nitrogen and oxygen atoms in total. The molecule has 1 heterocycles. The molecular weight excluding hydrogens is 256 g/mol. The van der Waals surface area contributed by atoms with Crippen LogP contribution in [0, 0.1) is 6.92 Å². The number of hydrogen-bond acceptors (Lipinski definition) is 5. The molecule has 0 aliphatic rings. The standard InChI is InChI=1S/C15H28N2O3/c1-4-18-8-6-17(7-9-19-5-2)12-14-10-15(11-16)20-13(14)3/h10H,4-9,11-12,16H2,1-3H3. The molecule has 0 radical (unpaired) electrons. The van der Waals surface area contributed by atoms with Crippen molar-refractivity contribution in [1.29, 1.82) is 0 Å². The van der Waals surface area contributed by atoms with Gasteiger partial charge in [0, 0.05) is 38.4 Å². The van der Waals surface area contributed by atoms with Crippen molar-refractivity contribution in [1.82, 2.24) is 4.90 Å². The van der Waals surface area contributed by atoms with Crippen molar-refractivity contribution in [3.05, 3.63) is 23.2 Å². The summed E-state index contributed by atoms with van der Waals surface area (Å²) in [4.78, 5) is 2.32. The van der Waals surface area contributed by atoms with E-state index in [0.29, 0.717) is 6.54 Å². The molecule has 1 aromatic rings. The van der Waals surface area contributed by atoms with Crippen LogP contribution in [-0.4, -0.2) is 44.4 Å². The van der Waals surface area contributed by atoms with E-state index in [1.54, 1.807) is 0 Å². The number of nitrogens with zero attached hydrogens (tertiary/aromatic N) is 1. The SMILES string of the molecule is CCOCCN(CCOCC)Cc1cc(CN)oc1C. The molecule has 0 saturated heterocycles. The van der Waals surface area contributed by atoms with Gasteiger partial charge in [-0.2, -0.15) is 0 Å². The molecule has 0 spiro atoms. The van der Waals surface area contributed by atoms with Crippen molar-refractivity contribution >= 4 is 0 Å². The third kappa shape index (κ3) is 6.05. The van der Waals surface area contributed by atoms with Crippen molar-refractivity contribution < 1.29 is 13.9 Å². The van der Waals surface area contributed by atoms with E-state index >= 15 is 0 Å². The van der Waals surface area contributed by atoms with Gasteiger partial charge in [-0.05, 0) is 26.8 Å². The second kappa shape index (κ2) is 9.94. The van der Waals surface area contributed by atoms with Crippen molar-refractivity contribution in [2.24, 2.45) is 5.73 Å². The summed E-state index contributed by atoms with van der Waals surface area (Å²) in [5.41, 5.74) is 6.80. The Morgan fingerprint density at radius 1 is 1.15 bits per heavy atom. The molecule has 0 bridgehead atoms. The fourth-order valence-corrected chi connectivity index (χ4v) is 2.03. The highest BCUT2D eigenvalue weighted by Gasteiger charge is 2.11. The van der Waals surface area contributed by atoms with E-state index in [4.69, 9.17) is 19.6 Å². The van der Waals surface area contributed by atoms with Gasteiger partial charge in [-0.3, -0.25) is 4.90 Å². The Labute approximate surface area is 122 Å². The van der Waals surface area contributed by atoms with Crippen LogP contribution in [0.1, 0.15) is 30.9 Å². The highest BCUT2D eigenvalue weighted by Crippen LogP contribution is 2.16. The predicted molar refractivity (Wildman–Crippen MR) is 79.6 cm³/mol. The van der Waals surface area contributed by atoms with Gasteiger partial charge in [0.2, 0.25) is 0 Å². The summed E-state index contributed by atoms with van der Waals surface area (Å²) in [6.45, 7) is 12.1. The van der Waals surface area contributed by atoms with Crippen molar-refractivity contribution in [3.8, 4) is 0 Å². The second-order valence-corrected chi connectivity index (χ2v) is 4.67. The molecule has 0 unspecified atom stereocenters. The molecule has 116 valence electrons. The number of furan rings is 1. The molecule has 5 heteroatoms. The van der Waals surface area contributed by atoms with Crippen LogP contribution in [-0.2, 0) is 22.6 Å². The molecule has 0 aliphatic carbocycles. The molecule has 0 aliphatic heterocycles. The first-order valence-electron chi connectivity index (χ1n) is 7.37. The lowest BCUT2D eigenvalue weighted by molar-refractivity contribution is 0.0796. The first-order chi connectivity index (χ1) is 9.71. The summed E-state index contributed by atoms with van der Waals surface area (Å²) >= 11 is 0. The minimum atomic E-state index is 0.443. The van der Waals surface area contributed by atoms with Gasteiger partial charge in [-0.15, -0.1) is 0 Å². The van der Waals surface area contributed by atoms with Crippen LogP contribution in [0.2, 0.25) is 0 Å². The number of rotatable bonds is 11. The summed E-state index contributed by atoms with van der Waals surface area (Å²) in [5.74, 6) is 1.79. The molecule has 0 atom stereocenters. The maximum atomic E-state index is 5.61. The third-order valence-electron chi connectivity index (χ3n) is 3.18. The van der Waals surface area contributed by atoms with E-state index < -0.39 is 0 Å². The van der Waals surface area contributed by atoms with E-state index in [1.807, 2.05) is 26.8 Å². The normalized spacial score (nSPS) is 11.4. The Morgan fingerprint density at radius 2 is 1.75 bits per heavy atom. The number of ether oxygens (including phenoxy) is 2. The Kier molecular flexibility index (Phi) is 8.53. The molecule has 2 N–H and O–H groups in total. The largest absolute Gasteiger partial charge is 0.465 e. The minimum Gasteiger partial charge on any atom is -0.465 e. The van der Waals surface area contributed by atoms with Crippen LogP contribution in [0.4, 0.5) is 0 Å². The zero-order valence-electron chi connectivity index (χ0n) is 13.0. The maximum Gasteiger partial charge on any atom is 0.118 e. The van der Waals surface area contributed by atoms with Crippen LogP contribution in [0.5, 0.6) is 0 Å². The zero-order chi connectivity index (χ0) is 14.8. The summed E-state index contributed by atoms with van der Waals surface area (Å²) in [7, 11) is 0. The van der Waals surface area contributed by atoms with Crippen LogP contribution >= 0.6 is 0 Å². The van der Waals surface area contributed by atoms with E-state index in [1.165, 1.54) is 5.56 Å². The monoisotopic (exact) mass is 284 g/mol. The topological polar surface area (TPSA) is 60.9 Å². The number of hydrogen-bond donors (Lipinski definition) is 1. The fraction of sp³-hybridized carbons (Fsp3) is 0.733. The minimum absolute atomic E-state index is 0.443. The Bertz CT molecular complexity index is 356. The van der Waals surface area contributed by atoms with E-state index in [9.17, 15) is 0 Å². The van der Waals surface area contributed by atoms with E-state index in [0.717, 1.165) is 57.6 Å². The molecule has 0 amide bonds. The van der Waals surface area contributed by atoms with Crippen LogP contribution < -0.4 is 5.73 Å². The lowest BCUT2D eigenvalue weighted by Crippen LogP contribution is -2.30. The van der Waals surface area contributed by atoms with E-state index in [2.05, 4.69) is 4.90 Å². The fourth-order valence-electron chi connectivity index (χ4n) is 2.03. The van der Waals surface area contributed by atoms with Crippen LogP contribution in [0.15, 0.2) is 10.5 Å². The first kappa shape index (κ1) is 17.2. The predicted octanol–water partition coefficient (Wildman–Crippen LogP) is 1.92. The van der Waals surface area contributed by atoms with Crippen LogP contribution in [0.25, 0.3) is 0 Å². The Morgan fingerprint density at radius 3 is 2.20 bits per heavy atom. The maximum absolute atomic E-state index is 5.61. The van der Waals surface area contributed by atoms with Gasteiger partial charge in [0.05, 0.1) is 19.8 Å². The highest BCUT2D eigenvalue weighted by atomic mass is 16.5. The third-order valence-corrected chi connectivity index (χ3v) is 3.18. The van der Waals surface area contributed by atoms with E-state index in [-0.39, 0.29) is 0 Å². The lowest BCUT2D eigenvalue weighted by atomic mass is 10.2. The highest BCUT2D eigenvalue weighted by molar-refractivity contribution is 5.20. The smallest absolute Gasteiger partial charge is 0.118 e.